The van der Waals surface area contributed by atoms with Crippen molar-refractivity contribution in [1.82, 2.24) is 9.78 Å². The van der Waals surface area contributed by atoms with Gasteiger partial charge in [-0.2, -0.15) is 18.3 Å². The van der Waals surface area contributed by atoms with Crippen molar-refractivity contribution in [3.63, 3.8) is 0 Å². The number of halogens is 4. The number of alkyl halides is 3. The molecular formula is C14H12BrF3N2O. The lowest BCUT2D eigenvalue weighted by Crippen LogP contribution is -2.09. The van der Waals surface area contributed by atoms with Crippen LogP contribution in [0.1, 0.15) is 28.4 Å². The van der Waals surface area contributed by atoms with Crippen molar-refractivity contribution < 1.29 is 18.0 Å². The highest BCUT2D eigenvalue weighted by Gasteiger charge is 2.31. The first-order chi connectivity index (χ1) is 9.81. The Morgan fingerprint density at radius 3 is 2.67 bits per heavy atom. The summed E-state index contributed by atoms with van der Waals surface area (Å²) in [5, 5.41) is 4.03. The minimum absolute atomic E-state index is 0.0138. The molecule has 0 N–H and O–H groups in total. The van der Waals surface area contributed by atoms with E-state index in [9.17, 15) is 18.0 Å². The molecular weight excluding hydrogens is 349 g/mol. The van der Waals surface area contributed by atoms with Crippen LogP contribution in [0.15, 0.2) is 35.1 Å². The molecule has 2 rings (SSSR count). The highest BCUT2D eigenvalue weighted by molar-refractivity contribution is 9.10. The maximum absolute atomic E-state index is 12.7. The average Bonchev–Trinajstić information content (AvgIpc) is 2.85. The molecule has 2 aromatic rings. The standard InChI is InChI=1S/C14H12BrF3N2O/c1-2-20-8-9(7-19-20)5-13(21)11-6-10(14(16,17)18)3-4-12(11)15/h3-4,6-8H,2,5H2,1H3. The Bertz CT molecular complexity index is 664. The van der Waals surface area contributed by atoms with E-state index in [1.54, 1.807) is 17.1 Å². The van der Waals surface area contributed by atoms with Crippen LogP contribution >= 0.6 is 15.9 Å². The fraction of sp³-hybridized carbons (Fsp3) is 0.286. The molecule has 0 radical (unpaired) electrons. The Balaban J connectivity index is 2.26. The predicted molar refractivity (Wildman–Crippen MR) is 75.1 cm³/mol. The van der Waals surface area contributed by atoms with Crippen LogP contribution in [0.3, 0.4) is 0 Å². The van der Waals surface area contributed by atoms with Crippen LogP contribution in [0.4, 0.5) is 13.2 Å². The highest BCUT2D eigenvalue weighted by atomic mass is 79.9. The molecule has 1 aromatic heterocycles. The second kappa shape index (κ2) is 6.01. The van der Waals surface area contributed by atoms with Crippen molar-refractivity contribution in [2.75, 3.05) is 0 Å². The van der Waals surface area contributed by atoms with Gasteiger partial charge in [0.1, 0.15) is 0 Å². The van der Waals surface area contributed by atoms with E-state index in [1.807, 2.05) is 6.92 Å². The molecule has 0 unspecified atom stereocenters. The molecule has 0 aliphatic heterocycles. The first kappa shape index (κ1) is 15.8. The van der Waals surface area contributed by atoms with Crippen molar-refractivity contribution in [3.8, 4) is 0 Å². The molecule has 0 spiro atoms. The number of carbonyl (C=O) groups excluding carboxylic acids is 1. The molecule has 1 heterocycles. The van der Waals surface area contributed by atoms with Gasteiger partial charge in [0.25, 0.3) is 0 Å². The average molecular weight is 361 g/mol. The van der Waals surface area contributed by atoms with Gasteiger partial charge in [-0.05, 0) is 30.7 Å². The maximum Gasteiger partial charge on any atom is 0.416 e. The van der Waals surface area contributed by atoms with Gasteiger partial charge in [-0.15, -0.1) is 0 Å². The summed E-state index contributed by atoms with van der Waals surface area (Å²) < 4.78 is 40.1. The Morgan fingerprint density at radius 2 is 2.10 bits per heavy atom. The molecule has 0 atom stereocenters. The van der Waals surface area contributed by atoms with Crippen LogP contribution in [0.2, 0.25) is 0 Å². The summed E-state index contributed by atoms with van der Waals surface area (Å²) in [7, 11) is 0. The quantitative estimate of drug-likeness (QED) is 0.769. The Morgan fingerprint density at radius 1 is 1.38 bits per heavy atom. The van der Waals surface area contributed by atoms with Gasteiger partial charge in [-0.25, -0.2) is 0 Å². The minimum atomic E-state index is -4.47. The second-order valence-corrected chi connectivity index (χ2v) is 5.35. The van der Waals surface area contributed by atoms with Crippen LogP contribution in [0.5, 0.6) is 0 Å². The topological polar surface area (TPSA) is 34.9 Å². The number of carbonyl (C=O) groups is 1. The van der Waals surface area contributed by atoms with Crippen molar-refractivity contribution >= 4 is 21.7 Å². The van der Waals surface area contributed by atoms with Crippen molar-refractivity contribution in [3.05, 3.63) is 51.8 Å². The number of benzene rings is 1. The molecule has 21 heavy (non-hydrogen) atoms. The highest BCUT2D eigenvalue weighted by Crippen LogP contribution is 2.32. The van der Waals surface area contributed by atoms with Crippen LogP contribution in [0, 0.1) is 0 Å². The zero-order valence-corrected chi connectivity index (χ0v) is 12.7. The monoisotopic (exact) mass is 360 g/mol. The number of ketones is 1. The molecule has 0 aliphatic rings. The minimum Gasteiger partial charge on any atom is -0.294 e. The first-order valence-corrected chi connectivity index (χ1v) is 7.02. The maximum atomic E-state index is 12.7. The van der Waals surface area contributed by atoms with Gasteiger partial charge >= 0.3 is 6.18 Å². The molecule has 0 saturated carbocycles. The lowest BCUT2D eigenvalue weighted by atomic mass is 10.0. The molecule has 0 bridgehead atoms. The molecule has 3 nitrogen and oxygen atoms in total. The summed E-state index contributed by atoms with van der Waals surface area (Å²) in [5.41, 5.74) is -0.140. The van der Waals surface area contributed by atoms with Crippen molar-refractivity contribution in [2.24, 2.45) is 0 Å². The number of aromatic nitrogens is 2. The van der Waals surface area contributed by atoms with Gasteiger partial charge in [-0.1, -0.05) is 15.9 Å². The van der Waals surface area contributed by atoms with Gasteiger partial charge in [0.15, 0.2) is 5.78 Å². The fourth-order valence-electron chi connectivity index (χ4n) is 1.87. The van der Waals surface area contributed by atoms with Crippen molar-refractivity contribution in [1.29, 1.82) is 0 Å². The third-order valence-corrected chi connectivity index (χ3v) is 3.66. The molecule has 112 valence electrons. The number of nitrogens with zero attached hydrogens (tertiary/aromatic N) is 2. The second-order valence-electron chi connectivity index (χ2n) is 4.50. The van der Waals surface area contributed by atoms with E-state index in [0.717, 1.165) is 12.1 Å². The van der Waals surface area contributed by atoms with Gasteiger partial charge in [0, 0.05) is 29.2 Å². The number of aryl methyl sites for hydroxylation is 1. The summed E-state index contributed by atoms with van der Waals surface area (Å²) in [6, 6.07) is 3.05. The Kier molecular flexibility index (Phi) is 4.51. The molecule has 0 amide bonds. The van der Waals surface area contributed by atoms with Crippen LogP contribution in [-0.2, 0) is 19.1 Å². The van der Waals surface area contributed by atoms with Crippen LogP contribution < -0.4 is 0 Å². The first-order valence-electron chi connectivity index (χ1n) is 6.22. The fourth-order valence-corrected chi connectivity index (χ4v) is 2.33. The van der Waals surface area contributed by atoms with Crippen molar-refractivity contribution in [2.45, 2.75) is 26.1 Å². The van der Waals surface area contributed by atoms with E-state index in [1.165, 1.54) is 6.07 Å². The third-order valence-electron chi connectivity index (χ3n) is 2.97. The lowest BCUT2D eigenvalue weighted by Gasteiger charge is -2.09. The summed E-state index contributed by atoms with van der Waals surface area (Å²) in [4.78, 5) is 12.2. The van der Waals surface area contributed by atoms with E-state index in [2.05, 4.69) is 21.0 Å². The van der Waals surface area contributed by atoms with E-state index in [4.69, 9.17) is 0 Å². The third kappa shape index (κ3) is 3.72. The Hall–Kier alpha value is -1.63. The van der Waals surface area contributed by atoms with Crippen LogP contribution in [-0.4, -0.2) is 15.6 Å². The van der Waals surface area contributed by atoms with Crippen LogP contribution in [0.25, 0.3) is 0 Å². The number of hydrogen-bond acceptors (Lipinski definition) is 2. The summed E-state index contributed by atoms with van der Waals surface area (Å²) in [5.74, 6) is -0.386. The zero-order valence-electron chi connectivity index (χ0n) is 11.1. The van der Waals surface area contributed by atoms with Gasteiger partial charge in [-0.3, -0.25) is 9.48 Å². The molecule has 0 saturated heterocycles. The normalized spacial score (nSPS) is 11.7. The van der Waals surface area contributed by atoms with E-state index in [0.29, 0.717) is 16.6 Å². The number of Topliss-reactive ketones (excluding diaryl/α,β-unsaturated/α-hetero) is 1. The van der Waals surface area contributed by atoms with Gasteiger partial charge < -0.3 is 0 Å². The summed E-state index contributed by atoms with van der Waals surface area (Å²) >= 11 is 3.12. The van der Waals surface area contributed by atoms with E-state index < -0.39 is 11.7 Å². The summed E-state index contributed by atoms with van der Waals surface area (Å²) in [6.45, 7) is 2.57. The molecule has 0 fully saturated rings. The molecule has 7 heteroatoms. The number of hydrogen-bond donors (Lipinski definition) is 0. The number of rotatable bonds is 4. The Labute approximate surface area is 127 Å². The summed E-state index contributed by atoms with van der Waals surface area (Å²) in [6.07, 6.45) is -1.20. The van der Waals surface area contributed by atoms with Gasteiger partial charge in [0.2, 0.25) is 0 Å². The molecule has 1 aromatic carbocycles. The molecule has 0 aliphatic carbocycles. The van der Waals surface area contributed by atoms with E-state index >= 15 is 0 Å². The smallest absolute Gasteiger partial charge is 0.294 e. The lowest BCUT2D eigenvalue weighted by molar-refractivity contribution is -0.137. The predicted octanol–water partition coefficient (Wildman–Crippen LogP) is 4.11. The zero-order chi connectivity index (χ0) is 15.6. The van der Waals surface area contributed by atoms with Gasteiger partial charge in [0.05, 0.1) is 11.8 Å². The largest absolute Gasteiger partial charge is 0.416 e. The SMILES string of the molecule is CCn1cc(CC(=O)c2cc(C(F)(F)F)ccc2Br)cn1. The van der Waals surface area contributed by atoms with E-state index in [-0.39, 0.29) is 17.8 Å².